The summed E-state index contributed by atoms with van der Waals surface area (Å²) < 4.78 is 5.45. The van der Waals surface area contributed by atoms with E-state index in [4.69, 9.17) is 4.74 Å². The number of ether oxygens (including phenoxy) is 1. The maximum absolute atomic E-state index is 12.3. The predicted molar refractivity (Wildman–Crippen MR) is 99.9 cm³/mol. The van der Waals surface area contributed by atoms with Crippen LogP contribution in [0.1, 0.15) is 36.4 Å². The first-order valence-corrected chi connectivity index (χ1v) is 9.53. The molecule has 2 heterocycles. The standard InChI is InChI=1S/C20H27N3O4/c1-15-3-2-4-16(13-15)17(22-9-11-27-12-10-22)14-21-18(24)7-8-23-19(25)5-6-20(23)26/h2-4,13,17H,5-12,14H2,1H3,(H,21,24). The van der Waals surface area contributed by atoms with Crippen molar-refractivity contribution in [1.82, 2.24) is 15.1 Å². The highest BCUT2D eigenvalue weighted by atomic mass is 16.5. The number of nitrogens with zero attached hydrogens (tertiary/aromatic N) is 2. The normalized spacial score (nSPS) is 19.4. The second-order valence-corrected chi connectivity index (χ2v) is 7.07. The van der Waals surface area contributed by atoms with Gasteiger partial charge in [-0.25, -0.2) is 0 Å². The molecule has 1 N–H and O–H groups in total. The average molecular weight is 373 g/mol. The summed E-state index contributed by atoms with van der Waals surface area (Å²) in [5.74, 6) is -0.508. The number of benzene rings is 1. The van der Waals surface area contributed by atoms with Gasteiger partial charge in [-0.15, -0.1) is 0 Å². The van der Waals surface area contributed by atoms with Crippen LogP contribution in [0.25, 0.3) is 0 Å². The van der Waals surface area contributed by atoms with Crippen molar-refractivity contribution in [1.29, 1.82) is 0 Å². The van der Waals surface area contributed by atoms with E-state index >= 15 is 0 Å². The van der Waals surface area contributed by atoms with E-state index in [-0.39, 0.29) is 49.6 Å². The van der Waals surface area contributed by atoms with Crippen LogP contribution >= 0.6 is 0 Å². The minimum absolute atomic E-state index is 0.0767. The average Bonchev–Trinajstić information content (AvgIpc) is 2.99. The van der Waals surface area contributed by atoms with Crippen molar-refractivity contribution >= 4 is 17.7 Å². The first-order valence-electron chi connectivity index (χ1n) is 9.53. The van der Waals surface area contributed by atoms with Gasteiger partial charge in [0.2, 0.25) is 17.7 Å². The molecule has 0 spiro atoms. The van der Waals surface area contributed by atoms with Crippen molar-refractivity contribution in [2.75, 3.05) is 39.4 Å². The van der Waals surface area contributed by atoms with Crippen molar-refractivity contribution in [3.05, 3.63) is 35.4 Å². The van der Waals surface area contributed by atoms with Gasteiger partial charge >= 0.3 is 0 Å². The largest absolute Gasteiger partial charge is 0.379 e. The molecule has 2 saturated heterocycles. The third kappa shape index (κ3) is 5.14. The van der Waals surface area contributed by atoms with Gasteiger partial charge in [0, 0.05) is 45.4 Å². The summed E-state index contributed by atoms with van der Waals surface area (Å²) in [6.07, 6.45) is 0.654. The van der Waals surface area contributed by atoms with Gasteiger partial charge in [0.25, 0.3) is 0 Å². The summed E-state index contributed by atoms with van der Waals surface area (Å²) in [7, 11) is 0. The van der Waals surface area contributed by atoms with Crippen LogP contribution in [0.15, 0.2) is 24.3 Å². The molecule has 2 fully saturated rings. The maximum Gasteiger partial charge on any atom is 0.229 e. The zero-order chi connectivity index (χ0) is 19.2. The molecule has 1 aromatic rings. The molecule has 0 radical (unpaired) electrons. The maximum atomic E-state index is 12.3. The summed E-state index contributed by atoms with van der Waals surface area (Å²) in [5.41, 5.74) is 2.35. The van der Waals surface area contributed by atoms with E-state index in [2.05, 4.69) is 35.3 Å². The summed E-state index contributed by atoms with van der Waals surface area (Å²) >= 11 is 0. The first-order chi connectivity index (χ1) is 13.0. The molecule has 1 atom stereocenters. The number of imide groups is 1. The molecule has 3 amide bonds. The molecule has 1 aromatic carbocycles. The molecule has 2 aliphatic rings. The lowest BCUT2D eigenvalue weighted by Gasteiger charge is -2.35. The Kier molecular flexibility index (Phi) is 6.58. The van der Waals surface area contributed by atoms with Crippen LogP contribution in [0.4, 0.5) is 0 Å². The van der Waals surface area contributed by atoms with Gasteiger partial charge in [0.1, 0.15) is 0 Å². The molecule has 0 aromatic heterocycles. The van der Waals surface area contributed by atoms with E-state index in [0.29, 0.717) is 19.8 Å². The number of nitrogens with one attached hydrogen (secondary N) is 1. The lowest BCUT2D eigenvalue weighted by Crippen LogP contribution is -2.44. The third-order valence-electron chi connectivity index (χ3n) is 5.12. The number of morpholine rings is 1. The summed E-state index contributed by atoms with van der Waals surface area (Å²) in [6.45, 7) is 5.74. The minimum Gasteiger partial charge on any atom is -0.379 e. The predicted octanol–water partition coefficient (Wildman–Crippen LogP) is 1.02. The highest BCUT2D eigenvalue weighted by Crippen LogP contribution is 2.22. The molecule has 0 aliphatic carbocycles. The second kappa shape index (κ2) is 9.10. The van der Waals surface area contributed by atoms with E-state index < -0.39 is 0 Å². The lowest BCUT2D eigenvalue weighted by atomic mass is 10.0. The van der Waals surface area contributed by atoms with Crippen molar-refractivity contribution in [3.63, 3.8) is 0 Å². The van der Waals surface area contributed by atoms with Crippen LogP contribution in [0, 0.1) is 6.92 Å². The van der Waals surface area contributed by atoms with Crippen molar-refractivity contribution in [2.24, 2.45) is 0 Å². The molecule has 2 aliphatic heterocycles. The topological polar surface area (TPSA) is 79.0 Å². The van der Waals surface area contributed by atoms with Crippen molar-refractivity contribution < 1.29 is 19.1 Å². The first kappa shape index (κ1) is 19.5. The van der Waals surface area contributed by atoms with Crippen LogP contribution in [-0.4, -0.2) is 66.9 Å². The summed E-state index contributed by atoms with van der Waals surface area (Å²) in [6, 6.07) is 8.40. The third-order valence-corrected chi connectivity index (χ3v) is 5.12. The van der Waals surface area contributed by atoms with Crippen LogP contribution in [0.3, 0.4) is 0 Å². The van der Waals surface area contributed by atoms with Crippen LogP contribution in [0.2, 0.25) is 0 Å². The van der Waals surface area contributed by atoms with E-state index in [1.165, 1.54) is 16.0 Å². The molecular formula is C20H27N3O4. The number of aryl methyl sites for hydroxylation is 1. The summed E-state index contributed by atoms with van der Waals surface area (Å²) in [5, 5.41) is 2.98. The van der Waals surface area contributed by atoms with Crippen molar-refractivity contribution in [2.45, 2.75) is 32.2 Å². The van der Waals surface area contributed by atoms with Gasteiger partial charge < -0.3 is 10.1 Å². The molecular weight excluding hydrogens is 346 g/mol. The van der Waals surface area contributed by atoms with Gasteiger partial charge in [-0.05, 0) is 12.5 Å². The summed E-state index contributed by atoms with van der Waals surface area (Å²) in [4.78, 5) is 39.1. The lowest BCUT2D eigenvalue weighted by molar-refractivity contribution is -0.138. The van der Waals surface area contributed by atoms with Gasteiger partial charge in [0.05, 0.1) is 19.3 Å². The Bertz CT molecular complexity index is 684. The quantitative estimate of drug-likeness (QED) is 0.722. The molecule has 1 unspecified atom stereocenters. The smallest absolute Gasteiger partial charge is 0.229 e. The molecule has 3 rings (SSSR count). The Morgan fingerprint density at radius 2 is 1.89 bits per heavy atom. The van der Waals surface area contributed by atoms with Crippen molar-refractivity contribution in [3.8, 4) is 0 Å². The molecule has 0 bridgehead atoms. The molecule has 27 heavy (non-hydrogen) atoms. The second-order valence-electron chi connectivity index (χ2n) is 7.07. The van der Waals surface area contributed by atoms with E-state index in [1.54, 1.807) is 0 Å². The number of carbonyl (C=O) groups excluding carboxylic acids is 3. The van der Waals surface area contributed by atoms with Crippen LogP contribution < -0.4 is 5.32 Å². The SMILES string of the molecule is Cc1cccc(C(CNC(=O)CCN2C(=O)CCC2=O)N2CCOCC2)c1. The fraction of sp³-hybridized carbons (Fsp3) is 0.550. The molecule has 0 saturated carbocycles. The minimum atomic E-state index is -0.182. The van der Waals surface area contributed by atoms with E-state index in [1.807, 2.05) is 6.07 Å². The van der Waals surface area contributed by atoms with Crippen LogP contribution in [0.5, 0.6) is 0 Å². The number of rotatable bonds is 7. The Morgan fingerprint density at radius 3 is 2.56 bits per heavy atom. The highest BCUT2D eigenvalue weighted by Gasteiger charge is 2.29. The highest BCUT2D eigenvalue weighted by molar-refractivity contribution is 6.02. The zero-order valence-electron chi connectivity index (χ0n) is 15.8. The number of amides is 3. The number of carbonyl (C=O) groups is 3. The molecule has 146 valence electrons. The Morgan fingerprint density at radius 1 is 1.19 bits per heavy atom. The van der Waals surface area contributed by atoms with Gasteiger partial charge in [-0.2, -0.15) is 0 Å². The number of hydrogen-bond donors (Lipinski definition) is 1. The van der Waals surface area contributed by atoms with E-state index in [0.717, 1.165) is 13.1 Å². The van der Waals surface area contributed by atoms with Crippen LogP contribution in [-0.2, 0) is 19.1 Å². The molecule has 7 nitrogen and oxygen atoms in total. The Labute approximate surface area is 159 Å². The number of likely N-dealkylation sites (tertiary alicyclic amines) is 1. The van der Waals surface area contributed by atoms with Gasteiger partial charge in [-0.1, -0.05) is 29.8 Å². The van der Waals surface area contributed by atoms with Gasteiger partial charge in [0.15, 0.2) is 0 Å². The fourth-order valence-corrected chi connectivity index (χ4v) is 3.61. The molecule has 7 heteroatoms. The monoisotopic (exact) mass is 373 g/mol. The zero-order valence-corrected chi connectivity index (χ0v) is 15.8. The fourth-order valence-electron chi connectivity index (χ4n) is 3.61. The Hall–Kier alpha value is -2.25. The Balaban J connectivity index is 1.57. The van der Waals surface area contributed by atoms with E-state index in [9.17, 15) is 14.4 Å². The number of hydrogen-bond acceptors (Lipinski definition) is 5. The van der Waals surface area contributed by atoms with Gasteiger partial charge in [-0.3, -0.25) is 24.2 Å².